The van der Waals surface area contributed by atoms with Gasteiger partial charge in [0.25, 0.3) is 5.91 Å². The van der Waals surface area contributed by atoms with E-state index in [1.165, 1.54) is 24.1 Å². The number of anilines is 3. The number of alkyl halides is 3. The van der Waals surface area contributed by atoms with Gasteiger partial charge >= 0.3 is 6.18 Å². The van der Waals surface area contributed by atoms with Crippen LogP contribution in [0.2, 0.25) is 0 Å². The summed E-state index contributed by atoms with van der Waals surface area (Å²) in [5.74, 6) is -1.72. The molecule has 1 spiro atoms. The maximum atomic E-state index is 15.4. The molecular weight excluding hydrogens is 556 g/mol. The second kappa shape index (κ2) is 10.3. The van der Waals surface area contributed by atoms with Crippen LogP contribution in [0.25, 0.3) is 0 Å². The Morgan fingerprint density at radius 3 is 2.48 bits per heavy atom. The third kappa shape index (κ3) is 5.06. The Labute approximate surface area is 240 Å². The number of likely N-dealkylation sites (tertiary alicyclic amines) is 1. The van der Waals surface area contributed by atoms with Crippen LogP contribution < -0.4 is 19.7 Å². The highest BCUT2D eigenvalue weighted by atomic mass is 19.4. The summed E-state index contributed by atoms with van der Waals surface area (Å²) in [6.07, 6.45) is -2.32. The highest BCUT2D eigenvalue weighted by molar-refractivity contribution is 6.00. The molecular formula is C29H30F4N6O3. The number of aromatic nitrogens is 2. The molecule has 9 nitrogen and oxygen atoms in total. The molecule has 0 radical (unpaired) electrons. The van der Waals surface area contributed by atoms with Crippen LogP contribution in [0.4, 0.5) is 34.9 Å². The van der Waals surface area contributed by atoms with Gasteiger partial charge in [-0.3, -0.25) is 4.79 Å². The van der Waals surface area contributed by atoms with E-state index in [-0.39, 0.29) is 34.6 Å². The Kier molecular flexibility index (Phi) is 6.87. The van der Waals surface area contributed by atoms with E-state index in [1.807, 2.05) is 4.90 Å². The van der Waals surface area contributed by atoms with E-state index < -0.39 is 23.4 Å². The first-order valence-corrected chi connectivity index (χ1v) is 13.5. The van der Waals surface area contributed by atoms with Gasteiger partial charge in [-0.2, -0.15) is 18.2 Å². The molecule has 2 saturated heterocycles. The predicted octanol–water partition coefficient (Wildman–Crippen LogP) is 5.30. The second-order valence-corrected chi connectivity index (χ2v) is 11.3. The van der Waals surface area contributed by atoms with Crippen molar-refractivity contribution < 1.29 is 31.8 Å². The van der Waals surface area contributed by atoms with E-state index in [0.717, 1.165) is 25.9 Å². The number of carbonyl (C=O) groups is 1. The fraction of sp³-hybridized carbons (Fsp3) is 0.414. The molecule has 0 saturated carbocycles. The van der Waals surface area contributed by atoms with Crippen molar-refractivity contribution in [2.24, 2.45) is 5.41 Å². The Hall–Kier alpha value is -4.13. The summed E-state index contributed by atoms with van der Waals surface area (Å²) in [7, 11) is 5.10. The van der Waals surface area contributed by atoms with E-state index in [1.54, 1.807) is 25.2 Å². The number of hydrogen-bond donors (Lipinski definition) is 1. The number of methoxy groups -OCH3 is 1. The molecule has 0 aliphatic carbocycles. The molecule has 1 amide bonds. The van der Waals surface area contributed by atoms with E-state index in [4.69, 9.17) is 9.47 Å². The van der Waals surface area contributed by atoms with Crippen molar-refractivity contribution in [1.29, 1.82) is 0 Å². The minimum atomic E-state index is -4.83. The fourth-order valence-corrected chi connectivity index (χ4v) is 6.17. The number of nitrogens with one attached hydrogen (secondary N) is 1. The minimum Gasteiger partial charge on any atom is -0.494 e. The highest BCUT2D eigenvalue weighted by Gasteiger charge is 2.43. The van der Waals surface area contributed by atoms with Crippen molar-refractivity contribution in [2.45, 2.75) is 25.6 Å². The number of carbonyl (C=O) groups excluding carboxylic acids is 1. The van der Waals surface area contributed by atoms with Crippen molar-refractivity contribution in [3.63, 3.8) is 0 Å². The van der Waals surface area contributed by atoms with Crippen LogP contribution in [0.15, 0.2) is 36.5 Å². The maximum Gasteiger partial charge on any atom is 0.423 e. The third-order valence-corrected chi connectivity index (χ3v) is 8.24. The normalized spacial score (nSPS) is 18.2. The first kappa shape index (κ1) is 28.0. The zero-order valence-corrected chi connectivity index (χ0v) is 23.4. The average Bonchev–Trinajstić information content (AvgIpc) is 3.22. The van der Waals surface area contributed by atoms with Crippen LogP contribution in [0.1, 0.15) is 34.3 Å². The average molecular weight is 587 g/mol. The molecule has 3 aromatic rings. The molecule has 3 aliphatic rings. The number of piperidine rings is 1. The zero-order valence-electron chi connectivity index (χ0n) is 23.4. The molecule has 4 heterocycles. The number of nitrogens with zero attached hydrogens (tertiary/aromatic N) is 5. The van der Waals surface area contributed by atoms with E-state index in [0.29, 0.717) is 42.5 Å². The van der Waals surface area contributed by atoms with E-state index in [2.05, 4.69) is 27.2 Å². The summed E-state index contributed by atoms with van der Waals surface area (Å²) >= 11 is 0. The molecule has 2 fully saturated rings. The van der Waals surface area contributed by atoms with Crippen LogP contribution >= 0.6 is 0 Å². The van der Waals surface area contributed by atoms with Crippen LogP contribution in [-0.4, -0.2) is 73.1 Å². The number of rotatable bonds is 6. The van der Waals surface area contributed by atoms with Gasteiger partial charge < -0.3 is 29.5 Å². The Morgan fingerprint density at radius 1 is 1.07 bits per heavy atom. The molecule has 2 aromatic carbocycles. The summed E-state index contributed by atoms with van der Waals surface area (Å²) in [6, 6.07) is 7.50. The smallest absolute Gasteiger partial charge is 0.423 e. The van der Waals surface area contributed by atoms with Gasteiger partial charge in [-0.15, -0.1) is 0 Å². The summed E-state index contributed by atoms with van der Waals surface area (Å²) < 4.78 is 68.1. The first-order chi connectivity index (χ1) is 20.0. The second-order valence-electron chi connectivity index (χ2n) is 11.3. The number of amides is 1. The SMILES string of the molecule is COc1cc(N2CCC3(CC2)CN(C)C3)c(F)cc1Nc1ncc(C(F)(F)F)c(Oc2cccc3c2C(=O)N(C)C3)n1. The van der Waals surface area contributed by atoms with Crippen molar-refractivity contribution in [3.05, 3.63) is 59.0 Å². The summed E-state index contributed by atoms with van der Waals surface area (Å²) in [6.45, 7) is 3.84. The number of ether oxygens (including phenoxy) is 2. The molecule has 0 unspecified atom stereocenters. The molecule has 13 heteroatoms. The van der Waals surface area contributed by atoms with Crippen LogP contribution in [0.5, 0.6) is 17.4 Å². The minimum absolute atomic E-state index is 0.0539. The molecule has 1 N–H and O–H groups in total. The van der Waals surface area contributed by atoms with E-state index in [9.17, 15) is 18.0 Å². The molecule has 222 valence electrons. The highest BCUT2D eigenvalue weighted by Crippen LogP contribution is 2.43. The van der Waals surface area contributed by atoms with Gasteiger partial charge in [-0.25, -0.2) is 9.37 Å². The van der Waals surface area contributed by atoms with Crippen LogP contribution in [0, 0.1) is 11.2 Å². The number of fused-ring (bicyclic) bond motifs is 1. The van der Waals surface area contributed by atoms with Crippen molar-refractivity contribution in [2.75, 3.05) is 57.6 Å². The van der Waals surface area contributed by atoms with Gasteiger partial charge in [0.1, 0.15) is 22.9 Å². The third-order valence-electron chi connectivity index (χ3n) is 8.24. The number of benzene rings is 2. The maximum absolute atomic E-state index is 15.4. The standard InChI is InChI=1S/C29H30F4N6O3/c1-37-15-28(16-37)7-9-39(10-8-28)21-12-23(41-3)20(11-19(21)30)35-27-34-13-18(29(31,32)33)25(36-27)42-22-6-4-5-17-14-38(2)26(40)24(17)22/h4-6,11-13H,7-10,14-16H2,1-3H3,(H,34,35,36). The predicted molar refractivity (Wildman–Crippen MR) is 147 cm³/mol. The zero-order chi connectivity index (χ0) is 29.8. The lowest BCUT2D eigenvalue weighted by atomic mass is 9.72. The van der Waals surface area contributed by atoms with Gasteiger partial charge in [0.15, 0.2) is 0 Å². The van der Waals surface area contributed by atoms with Gasteiger partial charge in [0.05, 0.1) is 24.0 Å². The Morgan fingerprint density at radius 2 is 1.81 bits per heavy atom. The summed E-state index contributed by atoms with van der Waals surface area (Å²) in [5.41, 5.74) is 0.411. The van der Waals surface area contributed by atoms with Crippen LogP contribution in [-0.2, 0) is 12.7 Å². The fourth-order valence-electron chi connectivity index (χ4n) is 6.17. The molecule has 3 aliphatic heterocycles. The van der Waals surface area contributed by atoms with Crippen LogP contribution in [0.3, 0.4) is 0 Å². The molecule has 1 aromatic heterocycles. The Balaban J connectivity index is 1.27. The number of halogens is 4. The van der Waals surface area contributed by atoms with Gasteiger partial charge in [0, 0.05) is 58.1 Å². The number of hydrogen-bond acceptors (Lipinski definition) is 8. The van der Waals surface area contributed by atoms with Crippen molar-refractivity contribution in [3.8, 4) is 17.4 Å². The summed E-state index contributed by atoms with van der Waals surface area (Å²) in [4.78, 5) is 26.1. The van der Waals surface area contributed by atoms with E-state index >= 15 is 4.39 Å². The van der Waals surface area contributed by atoms with Gasteiger partial charge in [-0.1, -0.05) is 12.1 Å². The Bertz CT molecular complexity index is 1530. The summed E-state index contributed by atoms with van der Waals surface area (Å²) in [5, 5.41) is 2.77. The first-order valence-electron chi connectivity index (χ1n) is 13.5. The van der Waals surface area contributed by atoms with Gasteiger partial charge in [0.2, 0.25) is 11.8 Å². The van der Waals surface area contributed by atoms with Gasteiger partial charge in [-0.05, 0) is 36.9 Å². The molecule has 42 heavy (non-hydrogen) atoms. The van der Waals surface area contributed by atoms with Crippen molar-refractivity contribution in [1.82, 2.24) is 19.8 Å². The monoisotopic (exact) mass is 586 g/mol. The largest absolute Gasteiger partial charge is 0.494 e. The molecule has 0 bridgehead atoms. The lowest BCUT2D eigenvalue weighted by Crippen LogP contribution is -2.58. The van der Waals surface area contributed by atoms with Crippen molar-refractivity contribution >= 4 is 23.2 Å². The lowest BCUT2D eigenvalue weighted by molar-refractivity contribution is -0.139. The molecule has 0 atom stereocenters. The lowest BCUT2D eigenvalue weighted by Gasteiger charge is -2.53. The quantitative estimate of drug-likeness (QED) is 0.390. The topological polar surface area (TPSA) is 83.1 Å². The molecule has 6 rings (SSSR count).